The molecule has 2 aliphatic rings. The maximum atomic E-state index is 12.6. The van der Waals surface area contributed by atoms with E-state index in [1.165, 1.54) is 0 Å². The van der Waals surface area contributed by atoms with Crippen LogP contribution in [-0.4, -0.2) is 32.7 Å². The monoisotopic (exact) mass is 293 g/mol. The Labute approximate surface area is 119 Å². The maximum Gasteiger partial charge on any atom is 0.204 e. The molecule has 0 spiro atoms. The third kappa shape index (κ3) is 2.10. The van der Waals surface area contributed by atoms with E-state index in [-0.39, 0.29) is 15.7 Å². The lowest BCUT2D eigenvalue weighted by Gasteiger charge is -2.18. The van der Waals surface area contributed by atoms with Crippen molar-refractivity contribution in [3.05, 3.63) is 41.8 Å². The van der Waals surface area contributed by atoms with Crippen LogP contribution in [0.2, 0.25) is 0 Å². The van der Waals surface area contributed by atoms with Gasteiger partial charge in [0.25, 0.3) is 0 Å². The molecule has 108 valence electrons. The number of fused-ring (bicyclic) bond motifs is 1. The first-order valence-corrected chi connectivity index (χ1v) is 8.38. The van der Waals surface area contributed by atoms with E-state index in [4.69, 9.17) is 4.84 Å². The van der Waals surface area contributed by atoms with Crippen LogP contribution in [0.15, 0.2) is 46.7 Å². The van der Waals surface area contributed by atoms with Gasteiger partial charge in [-0.3, -0.25) is 4.84 Å². The van der Waals surface area contributed by atoms with Gasteiger partial charge in [-0.15, -0.1) is 0 Å². The lowest BCUT2D eigenvalue weighted by molar-refractivity contribution is -0.133. The Kier molecular flexibility index (Phi) is 3.44. The average molecular weight is 293 g/mol. The summed E-state index contributed by atoms with van der Waals surface area (Å²) < 4.78 is 25.2. The summed E-state index contributed by atoms with van der Waals surface area (Å²) in [4.78, 5) is 6.23. The molecule has 0 unspecified atom stereocenters. The zero-order valence-electron chi connectivity index (χ0n) is 11.5. The number of benzene rings is 1. The van der Waals surface area contributed by atoms with Crippen LogP contribution >= 0.6 is 0 Å². The van der Waals surface area contributed by atoms with Crippen molar-refractivity contribution in [3.63, 3.8) is 0 Å². The van der Waals surface area contributed by atoms with E-state index in [9.17, 15) is 8.42 Å². The Balaban J connectivity index is 1.90. The largest absolute Gasteiger partial charge is 0.290 e. The van der Waals surface area contributed by atoms with E-state index in [0.717, 1.165) is 19.3 Å². The zero-order valence-corrected chi connectivity index (χ0v) is 12.3. The van der Waals surface area contributed by atoms with E-state index in [1.54, 1.807) is 30.3 Å². The van der Waals surface area contributed by atoms with Gasteiger partial charge in [0.1, 0.15) is 6.10 Å². The molecule has 0 aromatic heterocycles. The van der Waals surface area contributed by atoms with Crippen molar-refractivity contribution in [2.75, 3.05) is 7.05 Å². The maximum absolute atomic E-state index is 12.6. The minimum Gasteiger partial charge on any atom is -0.290 e. The standard InChI is InChI=1S/C15H19NO3S/c1-11(20(17,18)12-7-4-3-5-8-12)15-13-9-6-10-14(13)16(2)19-15/h3-5,7-8,13-15H,1,6,9-10H2,2H3/t13-,14+,15+/m0/s1. The minimum atomic E-state index is -3.53. The van der Waals surface area contributed by atoms with Crippen molar-refractivity contribution in [1.82, 2.24) is 5.06 Å². The second-order valence-corrected chi connectivity index (χ2v) is 7.52. The minimum absolute atomic E-state index is 0.185. The van der Waals surface area contributed by atoms with Gasteiger partial charge in [-0.05, 0) is 25.0 Å². The lowest BCUT2D eigenvalue weighted by Crippen LogP contribution is -2.25. The van der Waals surface area contributed by atoms with Gasteiger partial charge >= 0.3 is 0 Å². The third-order valence-corrected chi connectivity index (χ3v) is 6.20. The molecule has 1 heterocycles. The van der Waals surface area contributed by atoms with Crippen LogP contribution in [0, 0.1) is 5.92 Å². The van der Waals surface area contributed by atoms with Gasteiger partial charge in [0, 0.05) is 19.0 Å². The van der Waals surface area contributed by atoms with Crippen LogP contribution in [0.1, 0.15) is 19.3 Å². The summed E-state index contributed by atoms with van der Waals surface area (Å²) in [5.74, 6) is 0.242. The summed E-state index contributed by atoms with van der Waals surface area (Å²) in [6.07, 6.45) is 2.77. The number of nitrogens with zero attached hydrogens (tertiary/aromatic N) is 1. The van der Waals surface area contributed by atoms with E-state index in [0.29, 0.717) is 6.04 Å². The molecule has 0 amide bonds. The van der Waals surface area contributed by atoms with Crippen LogP contribution in [0.3, 0.4) is 0 Å². The fraction of sp³-hybridized carbons (Fsp3) is 0.467. The Hall–Kier alpha value is -1.17. The van der Waals surface area contributed by atoms with Crippen LogP contribution in [0.5, 0.6) is 0 Å². The van der Waals surface area contributed by atoms with Crippen LogP contribution in [0.25, 0.3) is 0 Å². The van der Waals surface area contributed by atoms with Gasteiger partial charge < -0.3 is 0 Å². The summed E-state index contributed by atoms with van der Waals surface area (Å²) >= 11 is 0. The highest BCUT2D eigenvalue weighted by molar-refractivity contribution is 7.95. The van der Waals surface area contributed by atoms with Gasteiger partial charge in [0.2, 0.25) is 9.84 Å². The smallest absolute Gasteiger partial charge is 0.204 e. The van der Waals surface area contributed by atoms with Crippen molar-refractivity contribution in [2.24, 2.45) is 5.92 Å². The SMILES string of the molecule is C=C([C@H]1ON(C)[C@@H]2CCC[C@H]12)S(=O)(=O)c1ccccc1. The normalized spacial score (nSPS) is 30.4. The molecule has 1 aliphatic heterocycles. The number of hydrogen-bond acceptors (Lipinski definition) is 4. The predicted molar refractivity (Wildman–Crippen MR) is 76.5 cm³/mol. The molecular weight excluding hydrogens is 274 g/mol. The molecule has 4 nitrogen and oxygen atoms in total. The molecule has 3 atom stereocenters. The highest BCUT2D eigenvalue weighted by Crippen LogP contribution is 2.43. The van der Waals surface area contributed by atoms with Gasteiger partial charge in [0.05, 0.1) is 9.80 Å². The summed E-state index contributed by atoms with van der Waals surface area (Å²) in [5, 5.41) is 1.81. The lowest BCUT2D eigenvalue weighted by atomic mass is 9.98. The summed E-state index contributed by atoms with van der Waals surface area (Å²) in [6.45, 7) is 3.84. The summed E-state index contributed by atoms with van der Waals surface area (Å²) in [7, 11) is -1.65. The van der Waals surface area contributed by atoms with Gasteiger partial charge in [-0.1, -0.05) is 31.2 Å². The molecule has 5 heteroatoms. The molecule has 1 saturated carbocycles. The second kappa shape index (κ2) is 4.98. The number of hydrogen-bond donors (Lipinski definition) is 0. The Morgan fingerprint density at radius 1 is 1.30 bits per heavy atom. The Morgan fingerprint density at radius 3 is 2.70 bits per heavy atom. The number of sulfone groups is 1. The molecular formula is C15H19NO3S. The first-order valence-electron chi connectivity index (χ1n) is 6.90. The molecule has 20 heavy (non-hydrogen) atoms. The van der Waals surface area contributed by atoms with Crippen LogP contribution in [0.4, 0.5) is 0 Å². The van der Waals surface area contributed by atoms with Crippen molar-refractivity contribution in [2.45, 2.75) is 36.3 Å². The van der Waals surface area contributed by atoms with Crippen LogP contribution in [-0.2, 0) is 14.7 Å². The molecule has 1 aliphatic carbocycles. The van der Waals surface area contributed by atoms with Crippen molar-refractivity contribution in [3.8, 4) is 0 Å². The highest BCUT2D eigenvalue weighted by atomic mass is 32.2. The molecule has 1 aromatic rings. The van der Waals surface area contributed by atoms with Crippen LogP contribution < -0.4 is 0 Å². The fourth-order valence-electron chi connectivity index (χ4n) is 3.31. The first kappa shape index (κ1) is 13.8. The summed E-state index contributed by atoms with van der Waals surface area (Å²) in [6, 6.07) is 8.77. The molecule has 1 aromatic carbocycles. The molecule has 0 N–H and O–H groups in total. The predicted octanol–water partition coefficient (Wildman–Crippen LogP) is 2.39. The van der Waals surface area contributed by atoms with Gasteiger partial charge in [0.15, 0.2) is 0 Å². The topological polar surface area (TPSA) is 46.6 Å². The Bertz CT molecular complexity index is 611. The van der Waals surface area contributed by atoms with E-state index < -0.39 is 15.9 Å². The molecule has 0 radical (unpaired) electrons. The van der Waals surface area contributed by atoms with E-state index in [2.05, 4.69) is 6.58 Å². The zero-order chi connectivity index (χ0) is 14.3. The second-order valence-electron chi connectivity index (χ2n) is 5.52. The van der Waals surface area contributed by atoms with Gasteiger partial charge in [-0.25, -0.2) is 8.42 Å². The van der Waals surface area contributed by atoms with Crippen molar-refractivity contribution >= 4 is 9.84 Å². The average Bonchev–Trinajstić information content (AvgIpc) is 3.03. The highest BCUT2D eigenvalue weighted by Gasteiger charge is 2.47. The number of hydroxylamine groups is 2. The molecule has 2 fully saturated rings. The Morgan fingerprint density at radius 2 is 2.00 bits per heavy atom. The van der Waals surface area contributed by atoms with Crippen molar-refractivity contribution < 1.29 is 13.3 Å². The fourth-order valence-corrected chi connectivity index (χ4v) is 4.65. The quantitative estimate of drug-likeness (QED) is 0.858. The number of rotatable bonds is 3. The van der Waals surface area contributed by atoms with E-state index in [1.807, 2.05) is 12.1 Å². The molecule has 1 saturated heterocycles. The molecule has 3 rings (SSSR count). The van der Waals surface area contributed by atoms with Gasteiger partial charge in [-0.2, -0.15) is 5.06 Å². The van der Waals surface area contributed by atoms with Crippen molar-refractivity contribution in [1.29, 1.82) is 0 Å². The molecule has 0 bridgehead atoms. The first-order chi connectivity index (χ1) is 9.51. The summed E-state index contributed by atoms with van der Waals surface area (Å²) in [5.41, 5.74) is 0. The van der Waals surface area contributed by atoms with E-state index >= 15 is 0 Å². The third-order valence-electron chi connectivity index (χ3n) is 4.38.